The molecule has 0 aromatic carbocycles. The summed E-state index contributed by atoms with van der Waals surface area (Å²) < 4.78 is 3.70. The van der Waals surface area contributed by atoms with Gasteiger partial charge in [-0.05, 0) is 45.1 Å². The number of thiazole rings is 1. The average molecular weight is 370 g/mol. The van der Waals surface area contributed by atoms with Crippen molar-refractivity contribution in [3.63, 3.8) is 0 Å². The summed E-state index contributed by atoms with van der Waals surface area (Å²) in [4.78, 5) is 19.4. The van der Waals surface area contributed by atoms with Crippen LogP contribution in [0.25, 0.3) is 4.96 Å². The molecule has 2 aliphatic rings. The summed E-state index contributed by atoms with van der Waals surface area (Å²) in [5.41, 5.74) is 4.05. The number of aromatic nitrogens is 4. The third-order valence-electron chi connectivity index (χ3n) is 5.60. The Balaban J connectivity index is 1.51. The van der Waals surface area contributed by atoms with E-state index in [1.54, 1.807) is 21.8 Å². The van der Waals surface area contributed by atoms with E-state index in [1.807, 2.05) is 11.6 Å². The first-order chi connectivity index (χ1) is 12.5. The van der Waals surface area contributed by atoms with E-state index in [4.69, 9.17) is 10.1 Å². The van der Waals surface area contributed by atoms with Gasteiger partial charge in [0, 0.05) is 40.8 Å². The molecule has 2 saturated carbocycles. The van der Waals surface area contributed by atoms with E-state index >= 15 is 0 Å². The summed E-state index contributed by atoms with van der Waals surface area (Å²) in [7, 11) is 0. The summed E-state index contributed by atoms with van der Waals surface area (Å²) in [5.74, 6) is 1.19. The maximum Gasteiger partial charge on any atom is 0.259 e. The number of nitrogens with zero attached hydrogens (tertiary/aromatic N) is 4. The Bertz CT molecular complexity index is 1060. The van der Waals surface area contributed by atoms with Crippen LogP contribution in [0.4, 0.5) is 0 Å². The molecule has 2 fully saturated rings. The maximum absolute atomic E-state index is 12.8. The van der Waals surface area contributed by atoms with Gasteiger partial charge in [-0.2, -0.15) is 5.10 Å². The van der Waals surface area contributed by atoms with Crippen LogP contribution in [0, 0.1) is 19.8 Å². The van der Waals surface area contributed by atoms with Crippen molar-refractivity contribution in [2.45, 2.75) is 51.5 Å². The molecule has 2 atom stereocenters. The molecule has 0 radical (unpaired) electrons. The van der Waals surface area contributed by atoms with Crippen molar-refractivity contribution < 1.29 is 5.11 Å². The number of fused-ring (bicyclic) bond motifs is 1. The first kappa shape index (κ1) is 16.2. The molecule has 0 spiro atoms. The lowest BCUT2D eigenvalue weighted by Crippen LogP contribution is -2.18. The number of aryl methyl sites for hydroxylation is 2. The average Bonchev–Trinajstić information content (AvgIpc) is 3.50. The van der Waals surface area contributed by atoms with E-state index in [0.717, 1.165) is 33.3 Å². The highest BCUT2D eigenvalue weighted by Gasteiger charge is 2.41. The molecule has 0 aliphatic heterocycles. The Kier molecular flexibility index (Phi) is 3.59. The van der Waals surface area contributed by atoms with Gasteiger partial charge in [0.15, 0.2) is 4.96 Å². The zero-order valence-corrected chi connectivity index (χ0v) is 15.8. The summed E-state index contributed by atoms with van der Waals surface area (Å²) in [6.07, 6.45) is 3.41. The molecule has 7 heteroatoms. The second kappa shape index (κ2) is 5.76. The molecule has 0 bridgehead atoms. The van der Waals surface area contributed by atoms with Crippen LogP contribution in [-0.4, -0.2) is 30.9 Å². The zero-order chi connectivity index (χ0) is 18.0. The molecule has 3 aromatic rings. The van der Waals surface area contributed by atoms with Crippen LogP contribution in [0.15, 0.2) is 16.9 Å². The fourth-order valence-corrected chi connectivity index (χ4v) is 4.93. The van der Waals surface area contributed by atoms with Gasteiger partial charge < -0.3 is 5.11 Å². The first-order valence-corrected chi connectivity index (χ1v) is 10.0. The van der Waals surface area contributed by atoms with Crippen molar-refractivity contribution in [2.75, 3.05) is 6.61 Å². The standard InChI is InChI=1S/C19H22N4O2S/c1-10-5-16(12-3-4-12)21-22(10)8-14-7-17(25)23-18(15-6-13(15)9-24)11(2)26-19(23)20-14/h5,7,12-13,15,24H,3-4,6,8-9H2,1-2H3. The fourth-order valence-electron chi connectivity index (χ4n) is 3.86. The largest absolute Gasteiger partial charge is 0.396 e. The van der Waals surface area contributed by atoms with E-state index in [9.17, 15) is 9.90 Å². The van der Waals surface area contributed by atoms with E-state index in [-0.39, 0.29) is 24.0 Å². The second-order valence-electron chi connectivity index (χ2n) is 7.67. The molecular weight excluding hydrogens is 348 g/mol. The van der Waals surface area contributed by atoms with Gasteiger partial charge in [0.05, 0.1) is 17.9 Å². The quantitative estimate of drug-likeness (QED) is 0.749. The third-order valence-corrected chi connectivity index (χ3v) is 6.57. The molecule has 2 aliphatic carbocycles. The smallest absolute Gasteiger partial charge is 0.259 e. The van der Waals surface area contributed by atoms with Crippen LogP contribution in [-0.2, 0) is 6.54 Å². The second-order valence-corrected chi connectivity index (χ2v) is 8.86. The molecule has 3 heterocycles. The third kappa shape index (κ3) is 2.61. The lowest BCUT2D eigenvalue weighted by molar-refractivity contribution is 0.273. The fraction of sp³-hybridized carbons (Fsp3) is 0.526. The van der Waals surface area contributed by atoms with Crippen LogP contribution >= 0.6 is 11.3 Å². The summed E-state index contributed by atoms with van der Waals surface area (Å²) in [6, 6.07) is 3.79. The van der Waals surface area contributed by atoms with E-state index in [1.165, 1.54) is 18.5 Å². The van der Waals surface area contributed by atoms with Crippen molar-refractivity contribution in [3.05, 3.63) is 50.1 Å². The van der Waals surface area contributed by atoms with Crippen molar-refractivity contribution in [1.29, 1.82) is 0 Å². The topological polar surface area (TPSA) is 72.4 Å². The predicted molar refractivity (Wildman–Crippen MR) is 100 cm³/mol. The summed E-state index contributed by atoms with van der Waals surface area (Å²) in [5, 5.41) is 14.1. The number of aliphatic hydroxyl groups is 1. The Morgan fingerprint density at radius 1 is 1.31 bits per heavy atom. The van der Waals surface area contributed by atoms with Gasteiger partial charge in [-0.1, -0.05) is 0 Å². The normalized spacial score (nSPS) is 22.3. The number of hydrogen-bond donors (Lipinski definition) is 1. The molecule has 3 aromatic heterocycles. The highest BCUT2D eigenvalue weighted by Crippen LogP contribution is 2.49. The molecule has 2 unspecified atom stereocenters. The van der Waals surface area contributed by atoms with E-state index < -0.39 is 0 Å². The van der Waals surface area contributed by atoms with E-state index in [2.05, 4.69) is 13.0 Å². The molecular formula is C19H22N4O2S. The van der Waals surface area contributed by atoms with Gasteiger partial charge >= 0.3 is 0 Å². The monoisotopic (exact) mass is 370 g/mol. The van der Waals surface area contributed by atoms with Crippen LogP contribution in [0.3, 0.4) is 0 Å². The minimum absolute atomic E-state index is 0.0276. The van der Waals surface area contributed by atoms with Gasteiger partial charge in [-0.25, -0.2) is 4.98 Å². The molecule has 5 rings (SSSR count). The van der Waals surface area contributed by atoms with Gasteiger partial charge in [0.25, 0.3) is 5.56 Å². The Labute approximate surface area is 155 Å². The van der Waals surface area contributed by atoms with Crippen molar-refractivity contribution in [3.8, 4) is 0 Å². The van der Waals surface area contributed by atoms with Gasteiger partial charge in [0.2, 0.25) is 0 Å². The molecule has 1 N–H and O–H groups in total. The molecule has 0 amide bonds. The zero-order valence-electron chi connectivity index (χ0n) is 15.0. The predicted octanol–water partition coefficient (Wildman–Crippen LogP) is 2.59. The Hall–Kier alpha value is -1.99. The maximum atomic E-state index is 12.8. The SMILES string of the molecule is Cc1sc2nc(Cn3nc(C4CC4)cc3C)cc(=O)n2c1C1CC1CO. The summed E-state index contributed by atoms with van der Waals surface area (Å²) >= 11 is 1.56. The first-order valence-electron chi connectivity index (χ1n) is 9.22. The van der Waals surface area contributed by atoms with Crippen LogP contribution in [0.1, 0.15) is 58.8 Å². The Morgan fingerprint density at radius 3 is 2.81 bits per heavy atom. The highest BCUT2D eigenvalue weighted by molar-refractivity contribution is 7.17. The minimum atomic E-state index is -0.0276. The van der Waals surface area contributed by atoms with Gasteiger partial charge in [-0.3, -0.25) is 13.9 Å². The van der Waals surface area contributed by atoms with Crippen LogP contribution in [0.5, 0.6) is 0 Å². The van der Waals surface area contributed by atoms with Crippen molar-refractivity contribution >= 4 is 16.3 Å². The number of aliphatic hydroxyl groups excluding tert-OH is 1. The van der Waals surface area contributed by atoms with Gasteiger partial charge in [-0.15, -0.1) is 11.3 Å². The van der Waals surface area contributed by atoms with Crippen molar-refractivity contribution in [2.24, 2.45) is 5.92 Å². The minimum Gasteiger partial charge on any atom is -0.396 e. The number of hydrogen-bond acceptors (Lipinski definition) is 5. The van der Waals surface area contributed by atoms with Crippen LogP contribution < -0.4 is 5.56 Å². The Morgan fingerprint density at radius 2 is 2.12 bits per heavy atom. The van der Waals surface area contributed by atoms with Crippen LogP contribution in [0.2, 0.25) is 0 Å². The number of rotatable bonds is 5. The summed E-state index contributed by atoms with van der Waals surface area (Å²) in [6.45, 7) is 4.81. The lowest BCUT2D eigenvalue weighted by atomic mass is 10.2. The van der Waals surface area contributed by atoms with E-state index in [0.29, 0.717) is 12.5 Å². The van der Waals surface area contributed by atoms with Gasteiger partial charge in [0.1, 0.15) is 0 Å². The molecule has 0 saturated heterocycles. The molecule has 6 nitrogen and oxygen atoms in total. The lowest BCUT2D eigenvalue weighted by Gasteiger charge is -2.05. The van der Waals surface area contributed by atoms with Crippen molar-refractivity contribution in [1.82, 2.24) is 19.2 Å². The highest BCUT2D eigenvalue weighted by atomic mass is 32.1. The molecule has 26 heavy (non-hydrogen) atoms. The molecule has 136 valence electrons.